The van der Waals surface area contributed by atoms with Crippen LogP contribution in [-0.2, 0) is 52.1 Å². The maximum absolute atomic E-state index is 10.7. The molecule has 0 amide bonds. The molecule has 2 N–H and O–H groups in total. The largest absolute Gasteiger partial charge is 0.388 e. The van der Waals surface area contributed by atoms with Crippen molar-refractivity contribution in [2.75, 3.05) is 28.4 Å². The van der Waals surface area contributed by atoms with Gasteiger partial charge < -0.3 is 62.3 Å². The van der Waals surface area contributed by atoms with Crippen LogP contribution in [0.4, 0.5) is 0 Å². The van der Waals surface area contributed by atoms with Gasteiger partial charge >= 0.3 is 0 Å². The van der Waals surface area contributed by atoms with E-state index in [4.69, 9.17) is 52.1 Å². The molecular weight excluding hydrogens is 556 g/mol. The van der Waals surface area contributed by atoms with Crippen molar-refractivity contribution in [2.45, 2.75) is 158 Å². The van der Waals surface area contributed by atoms with Crippen LogP contribution < -0.4 is 0 Å². The van der Waals surface area contributed by atoms with Crippen LogP contribution in [0.5, 0.6) is 0 Å². The number of ether oxygens (including phenoxy) is 11. The summed E-state index contributed by atoms with van der Waals surface area (Å²) in [4.78, 5) is 0. The van der Waals surface area contributed by atoms with Gasteiger partial charge in [0.2, 0.25) is 0 Å². The first-order valence-corrected chi connectivity index (χ1v) is 15.1. The predicted molar refractivity (Wildman–Crippen MR) is 147 cm³/mol. The van der Waals surface area contributed by atoms with Crippen molar-refractivity contribution < 1.29 is 62.3 Å². The maximum Gasteiger partial charge on any atom is 0.187 e. The first-order chi connectivity index (χ1) is 20.0. The van der Waals surface area contributed by atoms with Gasteiger partial charge in [-0.25, -0.2) is 0 Å². The Kier molecular flexibility index (Phi) is 12.4. The third-order valence-corrected chi connectivity index (χ3v) is 8.95. The molecule has 4 heterocycles. The van der Waals surface area contributed by atoms with Crippen molar-refractivity contribution >= 4 is 0 Å². The molecule has 0 aliphatic carbocycles. The van der Waals surface area contributed by atoms with Crippen LogP contribution in [0.25, 0.3) is 0 Å². The number of methoxy groups -OCH3 is 4. The molecule has 0 radical (unpaired) electrons. The summed E-state index contributed by atoms with van der Waals surface area (Å²) in [5, 5.41) is 21.0. The summed E-state index contributed by atoms with van der Waals surface area (Å²) in [6.45, 7) is 9.51. The lowest BCUT2D eigenvalue weighted by Gasteiger charge is -2.47. The fraction of sp³-hybridized carbons (Fsp3) is 1.00. The Balaban J connectivity index is 1.35. The van der Waals surface area contributed by atoms with Crippen molar-refractivity contribution in [1.29, 1.82) is 0 Å². The highest BCUT2D eigenvalue weighted by Gasteiger charge is 2.49. The molecule has 13 nitrogen and oxygen atoms in total. The van der Waals surface area contributed by atoms with E-state index in [1.807, 2.05) is 27.7 Å². The lowest BCUT2D eigenvalue weighted by molar-refractivity contribution is -0.354. The molecule has 17 atom stereocenters. The topological polar surface area (TPSA) is 142 Å². The summed E-state index contributed by atoms with van der Waals surface area (Å²) in [6.07, 6.45) is -7.14. The Morgan fingerprint density at radius 1 is 0.476 bits per heavy atom. The lowest BCUT2D eigenvalue weighted by atomic mass is 9.97. The van der Waals surface area contributed by atoms with Crippen molar-refractivity contribution in [3.8, 4) is 0 Å². The smallest absolute Gasteiger partial charge is 0.187 e. The van der Waals surface area contributed by atoms with Crippen LogP contribution in [0.1, 0.15) is 53.9 Å². The van der Waals surface area contributed by atoms with Gasteiger partial charge in [-0.05, 0) is 34.6 Å². The minimum Gasteiger partial charge on any atom is -0.388 e. The van der Waals surface area contributed by atoms with Crippen molar-refractivity contribution in [1.82, 2.24) is 0 Å². The predicted octanol–water partition coefficient (Wildman–Crippen LogP) is 1.14. The fourth-order valence-electron chi connectivity index (χ4n) is 6.61. The van der Waals surface area contributed by atoms with Gasteiger partial charge in [0.05, 0.1) is 48.8 Å². The highest BCUT2D eigenvalue weighted by molar-refractivity contribution is 4.92. The molecular formula is C29H52O13. The Morgan fingerprint density at radius 3 is 1.40 bits per heavy atom. The molecule has 4 fully saturated rings. The Hall–Kier alpha value is -0.520. The minimum atomic E-state index is -1.19. The Labute approximate surface area is 249 Å². The molecule has 13 heteroatoms. The molecule has 0 saturated carbocycles. The van der Waals surface area contributed by atoms with E-state index in [1.54, 1.807) is 28.3 Å². The van der Waals surface area contributed by atoms with Gasteiger partial charge in [0.25, 0.3) is 0 Å². The second-order valence-electron chi connectivity index (χ2n) is 11.9. The van der Waals surface area contributed by atoms with Gasteiger partial charge in [-0.2, -0.15) is 0 Å². The van der Waals surface area contributed by atoms with Gasteiger partial charge in [-0.1, -0.05) is 0 Å². The Morgan fingerprint density at radius 2 is 0.929 bits per heavy atom. The van der Waals surface area contributed by atoms with Gasteiger partial charge in [0, 0.05) is 47.7 Å². The zero-order chi connectivity index (χ0) is 30.7. The lowest BCUT2D eigenvalue weighted by Crippen LogP contribution is -2.61. The molecule has 246 valence electrons. The standard InChI is InChI=1S/C29H52O13/c1-13-10-18(32-6)25(15(3)36-13)40-21-11-19(33-7)26(16(4)37-21)41-22-12-20(34-8)27(17(5)38-22)42-29-24(31)28(35-9)23(30)14(2)39-29/h13-31H,10-12H2,1-9H3/t13-,14+,15+,16+,17+,18-,19-,20-,21-,22-,23-,24+,25+,26+,27+,28-,29-/m0/s1. The summed E-state index contributed by atoms with van der Waals surface area (Å²) >= 11 is 0. The summed E-state index contributed by atoms with van der Waals surface area (Å²) in [6, 6.07) is 0. The molecule has 0 spiro atoms. The number of rotatable bonds is 10. The van der Waals surface area contributed by atoms with E-state index in [0.29, 0.717) is 12.8 Å². The van der Waals surface area contributed by atoms with Crippen LogP contribution in [-0.4, -0.2) is 143 Å². The molecule has 0 aromatic rings. The highest BCUT2D eigenvalue weighted by Crippen LogP contribution is 2.35. The maximum atomic E-state index is 10.7. The number of hydrogen-bond donors (Lipinski definition) is 2. The minimum absolute atomic E-state index is 0.0929. The molecule has 0 bridgehead atoms. The zero-order valence-electron chi connectivity index (χ0n) is 26.3. The molecule has 42 heavy (non-hydrogen) atoms. The first-order valence-electron chi connectivity index (χ1n) is 15.1. The van der Waals surface area contributed by atoms with Gasteiger partial charge in [-0.15, -0.1) is 0 Å². The summed E-state index contributed by atoms with van der Waals surface area (Å²) < 4.78 is 65.9. The fourth-order valence-corrected chi connectivity index (χ4v) is 6.61. The van der Waals surface area contributed by atoms with E-state index >= 15 is 0 Å². The summed E-state index contributed by atoms with van der Waals surface area (Å²) in [5.74, 6) is 0. The second-order valence-corrected chi connectivity index (χ2v) is 11.9. The summed E-state index contributed by atoms with van der Waals surface area (Å²) in [7, 11) is 6.36. The van der Waals surface area contributed by atoms with Gasteiger partial charge in [-0.3, -0.25) is 0 Å². The van der Waals surface area contributed by atoms with Crippen LogP contribution >= 0.6 is 0 Å². The van der Waals surface area contributed by atoms with E-state index in [-0.39, 0.29) is 36.6 Å². The van der Waals surface area contributed by atoms with E-state index in [9.17, 15) is 10.2 Å². The molecule has 4 rings (SSSR count). The molecule has 0 unspecified atom stereocenters. The van der Waals surface area contributed by atoms with Crippen LogP contribution in [0.3, 0.4) is 0 Å². The normalized spacial score (nSPS) is 50.5. The van der Waals surface area contributed by atoms with E-state index in [1.165, 1.54) is 7.11 Å². The monoisotopic (exact) mass is 608 g/mol. The third kappa shape index (κ3) is 7.64. The molecule has 4 saturated heterocycles. The summed E-state index contributed by atoms with van der Waals surface area (Å²) in [5.41, 5.74) is 0. The third-order valence-electron chi connectivity index (χ3n) is 8.95. The van der Waals surface area contributed by atoms with E-state index in [0.717, 1.165) is 6.42 Å². The van der Waals surface area contributed by atoms with Crippen molar-refractivity contribution in [3.63, 3.8) is 0 Å². The second kappa shape index (κ2) is 15.2. The van der Waals surface area contributed by atoms with Crippen molar-refractivity contribution in [3.05, 3.63) is 0 Å². The highest BCUT2D eigenvalue weighted by atomic mass is 16.8. The SMILES string of the molecule is CO[C@H]1[C@@H](O)[C@@H](C)O[C@@H](O[C@H]2[C@@H](OC)C[C@H](O[C@H]3[C@@H](OC)C[C@H](O[C@H]4[C@@H](OC)C[C@H](C)O[C@@H]4C)O[C@@H]3C)O[C@@H]2C)[C@@H]1O. The molecule has 0 aromatic carbocycles. The van der Waals surface area contributed by atoms with Gasteiger partial charge in [0.15, 0.2) is 18.9 Å². The molecule has 0 aromatic heterocycles. The average molecular weight is 609 g/mol. The van der Waals surface area contributed by atoms with Crippen LogP contribution in [0, 0.1) is 0 Å². The van der Waals surface area contributed by atoms with Crippen LogP contribution in [0.2, 0.25) is 0 Å². The molecule has 4 aliphatic rings. The average Bonchev–Trinajstić information content (AvgIpc) is 2.95. The number of aliphatic hydroxyl groups is 2. The van der Waals surface area contributed by atoms with Gasteiger partial charge in [0.1, 0.15) is 36.6 Å². The van der Waals surface area contributed by atoms with E-state index < -0.39 is 67.7 Å². The number of hydrogen-bond acceptors (Lipinski definition) is 13. The van der Waals surface area contributed by atoms with Crippen LogP contribution in [0.15, 0.2) is 0 Å². The molecule has 4 aliphatic heterocycles. The Bertz CT molecular complexity index is 820. The first kappa shape index (κ1) is 34.4. The quantitative estimate of drug-likeness (QED) is 0.366. The zero-order valence-corrected chi connectivity index (χ0v) is 26.3. The van der Waals surface area contributed by atoms with Crippen molar-refractivity contribution in [2.24, 2.45) is 0 Å². The number of aliphatic hydroxyl groups excluding tert-OH is 2. The van der Waals surface area contributed by atoms with E-state index in [2.05, 4.69) is 0 Å².